The van der Waals surface area contributed by atoms with Crippen molar-refractivity contribution in [1.82, 2.24) is 4.90 Å². The van der Waals surface area contributed by atoms with E-state index < -0.39 is 0 Å². The molecule has 1 aliphatic rings. The van der Waals surface area contributed by atoms with Crippen molar-refractivity contribution in [2.24, 2.45) is 0 Å². The Hall–Kier alpha value is -2.24. The molecule has 1 aliphatic heterocycles. The fourth-order valence-corrected chi connectivity index (χ4v) is 2.29. The number of ether oxygens (including phenoxy) is 3. The summed E-state index contributed by atoms with van der Waals surface area (Å²) >= 11 is 0. The molecule has 0 aliphatic carbocycles. The van der Waals surface area contributed by atoms with Crippen molar-refractivity contribution in [3.05, 3.63) is 29.8 Å². The van der Waals surface area contributed by atoms with Gasteiger partial charge in [0.2, 0.25) is 0 Å². The van der Waals surface area contributed by atoms with E-state index in [0.29, 0.717) is 24.4 Å². The number of methoxy groups -OCH3 is 2. The highest BCUT2D eigenvalue weighted by molar-refractivity contribution is 5.89. The Morgan fingerprint density at radius 3 is 2.48 bits per heavy atom. The largest absolute Gasteiger partial charge is 0.490 e. The molecule has 0 atom stereocenters. The Labute approximate surface area is 123 Å². The summed E-state index contributed by atoms with van der Waals surface area (Å²) in [7, 11) is 2.72. The lowest BCUT2D eigenvalue weighted by atomic mass is 10.1. The molecule has 1 aromatic carbocycles. The van der Waals surface area contributed by atoms with Crippen LogP contribution in [-0.2, 0) is 9.47 Å². The van der Waals surface area contributed by atoms with Gasteiger partial charge in [0.05, 0.1) is 19.8 Å². The Kier molecular flexibility index (Phi) is 5.03. The molecule has 1 fully saturated rings. The number of rotatable bonds is 3. The molecule has 6 nitrogen and oxygen atoms in total. The van der Waals surface area contributed by atoms with Gasteiger partial charge in [0, 0.05) is 25.9 Å². The third-order valence-electron chi connectivity index (χ3n) is 3.43. The quantitative estimate of drug-likeness (QED) is 0.798. The number of piperidine rings is 1. The van der Waals surface area contributed by atoms with Crippen LogP contribution in [0.2, 0.25) is 0 Å². The molecule has 1 heterocycles. The Balaban J connectivity index is 1.92. The number of esters is 1. The van der Waals surface area contributed by atoms with Crippen LogP contribution in [0.15, 0.2) is 24.3 Å². The number of carbonyl (C=O) groups excluding carboxylic acids is 2. The maximum atomic E-state index is 11.5. The number of likely N-dealkylation sites (tertiary alicyclic amines) is 1. The average molecular weight is 293 g/mol. The van der Waals surface area contributed by atoms with Crippen molar-refractivity contribution in [2.75, 3.05) is 27.3 Å². The molecule has 0 aromatic heterocycles. The fourth-order valence-electron chi connectivity index (χ4n) is 2.29. The first kappa shape index (κ1) is 15.2. The molecule has 114 valence electrons. The summed E-state index contributed by atoms with van der Waals surface area (Å²) in [5.41, 5.74) is 0.460. The van der Waals surface area contributed by atoms with Crippen LogP contribution < -0.4 is 4.74 Å². The first-order chi connectivity index (χ1) is 10.1. The summed E-state index contributed by atoms with van der Waals surface area (Å²) < 4.78 is 15.2. The number of hydrogen-bond donors (Lipinski definition) is 0. The van der Waals surface area contributed by atoms with Crippen LogP contribution in [0.25, 0.3) is 0 Å². The van der Waals surface area contributed by atoms with Crippen LogP contribution >= 0.6 is 0 Å². The Morgan fingerprint density at radius 1 is 1.14 bits per heavy atom. The normalized spacial score (nSPS) is 15.4. The van der Waals surface area contributed by atoms with Gasteiger partial charge in [-0.2, -0.15) is 0 Å². The first-order valence-electron chi connectivity index (χ1n) is 6.82. The van der Waals surface area contributed by atoms with E-state index in [4.69, 9.17) is 9.47 Å². The maximum Gasteiger partial charge on any atom is 0.409 e. The summed E-state index contributed by atoms with van der Waals surface area (Å²) in [6.07, 6.45) is 1.19. The van der Waals surface area contributed by atoms with Gasteiger partial charge in [-0.3, -0.25) is 0 Å². The number of nitrogens with zero attached hydrogens (tertiary/aromatic N) is 1. The van der Waals surface area contributed by atoms with E-state index >= 15 is 0 Å². The van der Waals surface area contributed by atoms with Crippen molar-refractivity contribution in [3.8, 4) is 5.75 Å². The first-order valence-corrected chi connectivity index (χ1v) is 6.82. The molecule has 1 aromatic rings. The van der Waals surface area contributed by atoms with Crippen LogP contribution in [0.4, 0.5) is 4.79 Å². The minimum atomic E-state index is -0.388. The second kappa shape index (κ2) is 6.97. The predicted molar refractivity (Wildman–Crippen MR) is 75.4 cm³/mol. The summed E-state index contributed by atoms with van der Waals surface area (Å²) in [4.78, 5) is 24.5. The molecule has 0 radical (unpaired) electrons. The Bertz CT molecular complexity index is 509. The Morgan fingerprint density at radius 2 is 1.86 bits per heavy atom. The smallest absolute Gasteiger partial charge is 0.409 e. The van der Waals surface area contributed by atoms with E-state index in [1.807, 2.05) is 0 Å². The zero-order chi connectivity index (χ0) is 15.2. The topological polar surface area (TPSA) is 65.1 Å². The molecular formula is C15H19NO5. The minimum absolute atomic E-state index is 0.0267. The van der Waals surface area contributed by atoms with Crippen LogP contribution in [0.5, 0.6) is 5.75 Å². The lowest BCUT2D eigenvalue weighted by Gasteiger charge is -2.31. The highest BCUT2D eigenvalue weighted by Gasteiger charge is 2.24. The minimum Gasteiger partial charge on any atom is -0.490 e. The zero-order valence-corrected chi connectivity index (χ0v) is 12.2. The second-order valence-electron chi connectivity index (χ2n) is 4.79. The van der Waals surface area contributed by atoms with E-state index in [1.165, 1.54) is 14.2 Å². The third-order valence-corrected chi connectivity index (χ3v) is 3.43. The van der Waals surface area contributed by atoms with E-state index in [-0.39, 0.29) is 18.2 Å². The lowest BCUT2D eigenvalue weighted by molar-refractivity contribution is 0.0597. The van der Waals surface area contributed by atoms with E-state index in [1.54, 1.807) is 29.2 Å². The summed E-state index contributed by atoms with van der Waals surface area (Å²) in [5.74, 6) is 0.246. The highest BCUT2D eigenvalue weighted by Crippen LogP contribution is 2.20. The van der Waals surface area contributed by atoms with Gasteiger partial charge in [0.1, 0.15) is 11.9 Å². The fraction of sp³-hybridized carbons (Fsp3) is 0.467. The third kappa shape index (κ3) is 3.87. The molecule has 1 amide bonds. The van der Waals surface area contributed by atoms with E-state index in [0.717, 1.165) is 12.8 Å². The summed E-state index contributed by atoms with van der Waals surface area (Å²) in [6.45, 7) is 1.21. The molecule has 0 unspecified atom stereocenters. The van der Waals surface area contributed by atoms with E-state index in [9.17, 15) is 9.59 Å². The monoisotopic (exact) mass is 293 g/mol. The predicted octanol–water partition coefficient (Wildman–Crippen LogP) is 2.08. The van der Waals surface area contributed by atoms with Crippen molar-refractivity contribution in [1.29, 1.82) is 0 Å². The van der Waals surface area contributed by atoms with Crippen LogP contribution in [0.3, 0.4) is 0 Å². The number of amides is 1. The van der Waals surface area contributed by atoms with Crippen molar-refractivity contribution < 1.29 is 23.8 Å². The maximum absolute atomic E-state index is 11.5. The molecule has 0 saturated carbocycles. The molecular weight excluding hydrogens is 274 g/mol. The van der Waals surface area contributed by atoms with Crippen LogP contribution in [0, 0.1) is 0 Å². The molecule has 2 rings (SSSR count). The number of carbonyl (C=O) groups is 2. The van der Waals surface area contributed by atoms with Gasteiger partial charge in [0.25, 0.3) is 0 Å². The molecule has 21 heavy (non-hydrogen) atoms. The molecule has 1 saturated heterocycles. The molecule has 6 heteroatoms. The van der Waals surface area contributed by atoms with Gasteiger partial charge in [-0.05, 0) is 18.2 Å². The number of benzene rings is 1. The van der Waals surface area contributed by atoms with Gasteiger partial charge in [-0.15, -0.1) is 0 Å². The second-order valence-corrected chi connectivity index (χ2v) is 4.79. The standard InChI is InChI=1S/C15H19NO5/c1-19-14(17)11-4-3-5-13(10-11)21-12-6-8-16(9-7-12)15(18)20-2/h3-5,10,12H,6-9H2,1-2H3. The summed E-state index contributed by atoms with van der Waals surface area (Å²) in [5, 5.41) is 0. The molecule has 0 bridgehead atoms. The van der Waals surface area contributed by atoms with Crippen LogP contribution in [0.1, 0.15) is 23.2 Å². The van der Waals surface area contributed by atoms with Gasteiger partial charge in [-0.1, -0.05) is 6.07 Å². The lowest BCUT2D eigenvalue weighted by Crippen LogP contribution is -2.41. The zero-order valence-electron chi connectivity index (χ0n) is 12.2. The SMILES string of the molecule is COC(=O)c1cccc(OC2CCN(C(=O)OC)CC2)c1. The van der Waals surface area contributed by atoms with Gasteiger partial charge in [-0.25, -0.2) is 9.59 Å². The van der Waals surface area contributed by atoms with Crippen molar-refractivity contribution >= 4 is 12.1 Å². The summed E-state index contributed by atoms with van der Waals surface area (Å²) in [6, 6.07) is 6.90. The van der Waals surface area contributed by atoms with Gasteiger partial charge < -0.3 is 19.1 Å². The van der Waals surface area contributed by atoms with Crippen LogP contribution in [-0.4, -0.2) is 50.4 Å². The molecule has 0 spiro atoms. The molecule has 0 N–H and O–H groups in total. The highest BCUT2D eigenvalue weighted by atomic mass is 16.5. The van der Waals surface area contributed by atoms with Gasteiger partial charge >= 0.3 is 12.1 Å². The van der Waals surface area contributed by atoms with Gasteiger partial charge in [0.15, 0.2) is 0 Å². The number of hydrogen-bond acceptors (Lipinski definition) is 5. The average Bonchev–Trinajstić information content (AvgIpc) is 2.54. The van der Waals surface area contributed by atoms with E-state index in [2.05, 4.69) is 4.74 Å². The van der Waals surface area contributed by atoms with Crippen molar-refractivity contribution in [2.45, 2.75) is 18.9 Å². The van der Waals surface area contributed by atoms with Crippen molar-refractivity contribution in [3.63, 3.8) is 0 Å².